The maximum atomic E-state index is 14.4. The first kappa shape index (κ1) is 29.2. The molecule has 2 aromatic rings. The molecule has 1 aliphatic heterocycles. The summed E-state index contributed by atoms with van der Waals surface area (Å²) >= 11 is 0. The van der Waals surface area contributed by atoms with Gasteiger partial charge in [0.1, 0.15) is 16.7 Å². The van der Waals surface area contributed by atoms with Crippen LogP contribution in [0.15, 0.2) is 52.9 Å². The van der Waals surface area contributed by atoms with Crippen LogP contribution in [0.1, 0.15) is 55.7 Å². The number of nitrogens with zero attached hydrogens (tertiary/aromatic N) is 2. The smallest absolute Gasteiger partial charge is 0.263 e. The van der Waals surface area contributed by atoms with E-state index in [1.54, 1.807) is 32.0 Å². The molecule has 7 nitrogen and oxygen atoms in total. The Kier molecular flexibility index (Phi) is 10.2. The Bertz CT molecular complexity index is 1150. The molecular formula is C28H39FN2O5S. The molecule has 37 heavy (non-hydrogen) atoms. The number of sulfonamides is 1. The van der Waals surface area contributed by atoms with E-state index in [9.17, 15) is 17.9 Å². The van der Waals surface area contributed by atoms with E-state index in [4.69, 9.17) is 9.84 Å². The van der Waals surface area contributed by atoms with Crippen molar-refractivity contribution in [1.82, 2.24) is 4.90 Å². The SMILES string of the molecule is CN(CCO)CCCc1ccc(CC2C(C)(C)OC(C[C@@H](CCO)c3ccccc3F)=NS2(=O)=O)cc1. The highest BCUT2D eigenvalue weighted by atomic mass is 32.2. The average Bonchev–Trinajstić information content (AvgIpc) is 2.82. The standard InChI is InChI=1S/C28H39FN2O5S/c1-28(2)26(19-22-12-10-21(11-13-22)7-6-15-31(3)16-18-33)37(34,35)30-27(36-28)20-23(14-17-32)24-8-4-5-9-25(24)29/h4-5,8-13,23,26,32-33H,6-7,14-20H2,1-3H3/t23-,26?/m1/s1. The van der Waals surface area contributed by atoms with Crippen molar-refractivity contribution in [3.63, 3.8) is 0 Å². The summed E-state index contributed by atoms with van der Waals surface area (Å²) in [5, 5.41) is 17.6. The van der Waals surface area contributed by atoms with Crippen LogP contribution in [0.2, 0.25) is 0 Å². The van der Waals surface area contributed by atoms with Crippen molar-refractivity contribution in [1.29, 1.82) is 0 Å². The monoisotopic (exact) mass is 534 g/mol. The molecule has 0 aromatic heterocycles. The molecule has 0 fully saturated rings. The number of aliphatic hydroxyl groups excluding tert-OH is 2. The van der Waals surface area contributed by atoms with E-state index >= 15 is 0 Å². The van der Waals surface area contributed by atoms with Gasteiger partial charge in [-0.3, -0.25) is 0 Å². The van der Waals surface area contributed by atoms with Gasteiger partial charge < -0.3 is 19.8 Å². The van der Waals surface area contributed by atoms with Gasteiger partial charge in [-0.25, -0.2) is 12.8 Å². The quantitative estimate of drug-likeness (QED) is 0.407. The summed E-state index contributed by atoms with van der Waals surface area (Å²) in [6.45, 7) is 5.01. The lowest BCUT2D eigenvalue weighted by molar-refractivity contribution is 0.0797. The van der Waals surface area contributed by atoms with Crippen LogP contribution in [0.4, 0.5) is 4.39 Å². The van der Waals surface area contributed by atoms with Crippen molar-refractivity contribution in [3.8, 4) is 0 Å². The summed E-state index contributed by atoms with van der Waals surface area (Å²) in [7, 11) is -1.91. The van der Waals surface area contributed by atoms with Gasteiger partial charge in [-0.15, -0.1) is 4.40 Å². The lowest BCUT2D eigenvalue weighted by Gasteiger charge is -2.38. The van der Waals surface area contributed by atoms with Crippen molar-refractivity contribution in [3.05, 3.63) is 71.0 Å². The number of benzene rings is 2. The highest BCUT2D eigenvalue weighted by molar-refractivity contribution is 7.91. The number of hydrogen-bond acceptors (Lipinski definition) is 6. The molecule has 0 spiro atoms. The van der Waals surface area contributed by atoms with Crippen LogP contribution in [0.5, 0.6) is 0 Å². The van der Waals surface area contributed by atoms with Crippen molar-refractivity contribution in [2.45, 2.75) is 62.7 Å². The molecule has 0 radical (unpaired) electrons. The number of aliphatic hydroxyl groups is 2. The largest absolute Gasteiger partial charge is 0.473 e. The number of rotatable bonds is 13. The predicted molar refractivity (Wildman–Crippen MR) is 144 cm³/mol. The molecule has 9 heteroatoms. The molecular weight excluding hydrogens is 495 g/mol. The minimum atomic E-state index is -3.89. The Morgan fingerprint density at radius 1 is 1.05 bits per heavy atom. The molecule has 2 aromatic carbocycles. The van der Waals surface area contributed by atoms with E-state index in [0.717, 1.165) is 24.9 Å². The summed E-state index contributed by atoms with van der Waals surface area (Å²) in [6.07, 6.45) is 2.47. The van der Waals surface area contributed by atoms with E-state index < -0.39 is 32.6 Å². The van der Waals surface area contributed by atoms with Crippen LogP contribution in [0.3, 0.4) is 0 Å². The zero-order valence-electron chi connectivity index (χ0n) is 21.9. The Hall–Kier alpha value is -2.33. The van der Waals surface area contributed by atoms with Crippen LogP contribution in [0.25, 0.3) is 0 Å². The van der Waals surface area contributed by atoms with Crippen molar-refractivity contribution in [2.75, 3.05) is 33.4 Å². The van der Waals surface area contributed by atoms with Gasteiger partial charge in [0.05, 0.1) is 6.61 Å². The first-order valence-electron chi connectivity index (χ1n) is 12.8. The molecule has 0 saturated carbocycles. The number of hydrogen-bond donors (Lipinski definition) is 2. The molecule has 0 amide bonds. The highest BCUT2D eigenvalue weighted by Gasteiger charge is 2.46. The topological polar surface area (TPSA) is 99.4 Å². The number of aryl methyl sites for hydroxylation is 1. The van der Waals surface area contributed by atoms with Gasteiger partial charge >= 0.3 is 0 Å². The molecule has 0 bridgehead atoms. The van der Waals surface area contributed by atoms with Gasteiger partial charge in [-0.1, -0.05) is 42.5 Å². The van der Waals surface area contributed by atoms with Crippen molar-refractivity contribution < 1.29 is 27.8 Å². The van der Waals surface area contributed by atoms with E-state index in [2.05, 4.69) is 9.30 Å². The Morgan fingerprint density at radius 3 is 2.35 bits per heavy atom. The summed E-state index contributed by atoms with van der Waals surface area (Å²) in [4.78, 5) is 2.08. The van der Waals surface area contributed by atoms with E-state index in [1.165, 1.54) is 11.6 Å². The van der Waals surface area contributed by atoms with Crippen LogP contribution in [-0.2, 0) is 27.6 Å². The Labute approximate surface area is 220 Å². The molecule has 2 atom stereocenters. The molecule has 0 saturated heterocycles. The summed E-state index contributed by atoms with van der Waals surface area (Å²) < 4.78 is 51.0. The van der Waals surface area contributed by atoms with E-state index in [1.807, 2.05) is 31.3 Å². The van der Waals surface area contributed by atoms with Crippen LogP contribution in [-0.4, -0.2) is 73.6 Å². The zero-order valence-corrected chi connectivity index (χ0v) is 22.8. The maximum Gasteiger partial charge on any atom is 0.263 e. The third kappa shape index (κ3) is 8.07. The normalized spacial score (nSPS) is 19.3. The molecule has 1 unspecified atom stereocenters. The second-order valence-corrected chi connectivity index (χ2v) is 12.1. The van der Waals surface area contributed by atoms with Gasteiger partial charge in [-0.05, 0) is 81.8 Å². The fourth-order valence-corrected chi connectivity index (χ4v) is 6.51. The predicted octanol–water partition coefficient (Wildman–Crippen LogP) is 3.69. The summed E-state index contributed by atoms with van der Waals surface area (Å²) in [6, 6.07) is 14.2. The lowest BCUT2D eigenvalue weighted by Crippen LogP contribution is -2.50. The third-order valence-electron chi connectivity index (χ3n) is 6.92. The Morgan fingerprint density at radius 2 is 1.73 bits per heavy atom. The van der Waals surface area contributed by atoms with E-state index in [-0.39, 0.29) is 38.4 Å². The van der Waals surface area contributed by atoms with E-state index in [0.29, 0.717) is 12.1 Å². The third-order valence-corrected chi connectivity index (χ3v) is 8.83. The molecule has 0 aliphatic carbocycles. The second kappa shape index (κ2) is 13.0. The van der Waals surface area contributed by atoms with Crippen molar-refractivity contribution in [2.24, 2.45) is 4.40 Å². The van der Waals surface area contributed by atoms with Crippen LogP contribution >= 0.6 is 0 Å². The Balaban J connectivity index is 1.70. The summed E-state index contributed by atoms with van der Waals surface area (Å²) in [5.41, 5.74) is 1.42. The molecule has 2 N–H and O–H groups in total. The number of likely N-dealkylation sites (N-methyl/N-ethyl adjacent to an activating group) is 1. The average molecular weight is 535 g/mol. The number of halogens is 1. The van der Waals surface area contributed by atoms with Crippen molar-refractivity contribution >= 4 is 15.9 Å². The van der Waals surface area contributed by atoms with Gasteiger partial charge in [0.15, 0.2) is 0 Å². The van der Waals surface area contributed by atoms with Gasteiger partial charge in [0.2, 0.25) is 5.90 Å². The zero-order chi connectivity index (χ0) is 27.1. The minimum Gasteiger partial charge on any atom is -0.473 e. The first-order valence-corrected chi connectivity index (χ1v) is 14.3. The van der Waals surface area contributed by atoms with Crippen LogP contribution < -0.4 is 0 Å². The van der Waals surface area contributed by atoms with Gasteiger partial charge in [0.25, 0.3) is 10.0 Å². The molecule has 3 rings (SSSR count). The van der Waals surface area contributed by atoms with Gasteiger partial charge in [0, 0.05) is 19.6 Å². The summed E-state index contributed by atoms with van der Waals surface area (Å²) in [5.74, 6) is -0.814. The first-order chi connectivity index (χ1) is 17.6. The van der Waals surface area contributed by atoms with Gasteiger partial charge in [-0.2, -0.15) is 0 Å². The minimum absolute atomic E-state index is 0.0458. The number of ether oxygens (including phenoxy) is 1. The van der Waals surface area contributed by atoms with Crippen LogP contribution in [0, 0.1) is 5.82 Å². The molecule has 204 valence electrons. The fourth-order valence-electron chi connectivity index (χ4n) is 4.81. The highest BCUT2D eigenvalue weighted by Crippen LogP contribution is 2.34. The maximum absolute atomic E-state index is 14.4. The molecule has 1 heterocycles. The second-order valence-electron chi connectivity index (χ2n) is 10.3. The fraction of sp³-hybridized carbons (Fsp3) is 0.536. The molecule has 1 aliphatic rings. The lowest BCUT2D eigenvalue weighted by atomic mass is 9.91.